The van der Waals surface area contributed by atoms with Gasteiger partial charge in [0.2, 0.25) is 0 Å². The largest absolute Gasteiger partial charge is 0.379 e. The Morgan fingerprint density at radius 1 is 1.32 bits per heavy atom. The van der Waals surface area contributed by atoms with Crippen LogP contribution in [0.25, 0.3) is 0 Å². The fourth-order valence-corrected chi connectivity index (χ4v) is 3.47. The van der Waals surface area contributed by atoms with Gasteiger partial charge in [-0.2, -0.15) is 17.0 Å². The molecule has 1 N–H and O–H groups in total. The molecule has 1 rings (SSSR count). The van der Waals surface area contributed by atoms with Crippen LogP contribution in [0.15, 0.2) is 0 Å². The minimum atomic E-state index is -3.38. The van der Waals surface area contributed by atoms with Gasteiger partial charge in [-0.1, -0.05) is 20.8 Å². The van der Waals surface area contributed by atoms with Crippen molar-refractivity contribution < 1.29 is 13.2 Å². The first-order valence-electron chi connectivity index (χ1n) is 6.66. The predicted molar refractivity (Wildman–Crippen MR) is 76.2 cm³/mol. The van der Waals surface area contributed by atoms with Crippen LogP contribution in [0.4, 0.5) is 0 Å². The highest BCUT2D eigenvalue weighted by Crippen LogP contribution is 2.21. The monoisotopic (exact) mass is 293 g/mol. The molecule has 1 saturated heterocycles. The third-order valence-electron chi connectivity index (χ3n) is 3.52. The predicted octanol–water partition coefficient (Wildman–Crippen LogP) is 0.129. The number of likely N-dealkylation sites (N-methyl/N-ethyl adjacent to an activating group) is 2. The maximum absolute atomic E-state index is 12.4. The molecule has 1 aliphatic rings. The minimum absolute atomic E-state index is 0.00351. The molecule has 0 aromatic carbocycles. The summed E-state index contributed by atoms with van der Waals surface area (Å²) in [6, 6.07) is 0.105. The zero-order valence-corrected chi connectivity index (χ0v) is 13.5. The van der Waals surface area contributed by atoms with Crippen molar-refractivity contribution in [2.24, 2.45) is 5.41 Å². The van der Waals surface area contributed by atoms with E-state index in [-0.39, 0.29) is 11.5 Å². The molecule has 1 atom stereocenters. The number of hydrogen-bond donors (Lipinski definition) is 1. The van der Waals surface area contributed by atoms with E-state index in [4.69, 9.17) is 4.74 Å². The van der Waals surface area contributed by atoms with Gasteiger partial charge in [-0.05, 0) is 12.5 Å². The Hall–Kier alpha value is -0.210. The molecule has 114 valence electrons. The summed E-state index contributed by atoms with van der Waals surface area (Å²) in [7, 11) is 0.125. The second kappa shape index (κ2) is 6.49. The Morgan fingerprint density at radius 2 is 1.84 bits per heavy atom. The SMILES string of the molecule is CN[C@H](CN(C)S(=O)(=O)N1CCOCC1)C(C)(C)C. The summed E-state index contributed by atoms with van der Waals surface area (Å²) in [5.74, 6) is 0. The van der Waals surface area contributed by atoms with Crippen LogP contribution < -0.4 is 5.32 Å². The summed E-state index contributed by atoms with van der Waals surface area (Å²) >= 11 is 0. The highest BCUT2D eigenvalue weighted by atomic mass is 32.2. The van der Waals surface area contributed by atoms with Crippen LogP contribution in [0.1, 0.15) is 20.8 Å². The zero-order chi connectivity index (χ0) is 14.7. The Kier molecular flexibility index (Phi) is 5.76. The van der Waals surface area contributed by atoms with E-state index in [0.29, 0.717) is 32.8 Å². The van der Waals surface area contributed by atoms with Crippen LogP contribution in [0.3, 0.4) is 0 Å². The van der Waals surface area contributed by atoms with Crippen LogP contribution >= 0.6 is 0 Å². The van der Waals surface area contributed by atoms with Crippen LogP contribution in [0.2, 0.25) is 0 Å². The topological polar surface area (TPSA) is 61.9 Å². The van der Waals surface area contributed by atoms with Crippen LogP contribution in [-0.4, -0.2) is 70.0 Å². The molecule has 0 aliphatic carbocycles. The number of ether oxygens (including phenoxy) is 1. The molecular formula is C12H27N3O3S. The molecule has 0 radical (unpaired) electrons. The van der Waals surface area contributed by atoms with E-state index in [1.807, 2.05) is 7.05 Å². The second-order valence-corrected chi connectivity index (χ2v) is 8.04. The Balaban J connectivity index is 2.72. The van der Waals surface area contributed by atoms with Gasteiger partial charge in [-0.25, -0.2) is 0 Å². The summed E-state index contributed by atoms with van der Waals surface area (Å²) in [6.45, 7) is 8.58. The quantitative estimate of drug-likeness (QED) is 0.783. The van der Waals surface area contributed by atoms with Crippen molar-refractivity contribution in [3.05, 3.63) is 0 Å². The lowest BCUT2D eigenvalue weighted by atomic mass is 9.87. The second-order valence-electron chi connectivity index (χ2n) is 6.01. The van der Waals surface area contributed by atoms with Gasteiger partial charge < -0.3 is 10.1 Å². The molecule has 1 fully saturated rings. The molecule has 19 heavy (non-hydrogen) atoms. The number of nitrogens with one attached hydrogen (secondary N) is 1. The van der Waals surface area contributed by atoms with Gasteiger partial charge in [-0.15, -0.1) is 0 Å². The van der Waals surface area contributed by atoms with Gasteiger partial charge in [0.1, 0.15) is 0 Å². The van der Waals surface area contributed by atoms with E-state index in [1.165, 1.54) is 8.61 Å². The van der Waals surface area contributed by atoms with E-state index in [0.717, 1.165) is 0 Å². The van der Waals surface area contributed by atoms with Crippen molar-refractivity contribution >= 4 is 10.2 Å². The van der Waals surface area contributed by atoms with Crippen molar-refractivity contribution in [1.29, 1.82) is 0 Å². The lowest BCUT2D eigenvalue weighted by Gasteiger charge is -2.36. The summed E-state index contributed by atoms with van der Waals surface area (Å²) < 4.78 is 33.0. The first-order chi connectivity index (χ1) is 8.69. The smallest absolute Gasteiger partial charge is 0.281 e. The van der Waals surface area contributed by atoms with E-state index >= 15 is 0 Å². The van der Waals surface area contributed by atoms with Crippen molar-refractivity contribution in [2.75, 3.05) is 46.9 Å². The van der Waals surface area contributed by atoms with Gasteiger partial charge in [-0.3, -0.25) is 0 Å². The van der Waals surface area contributed by atoms with Crippen molar-refractivity contribution in [1.82, 2.24) is 13.9 Å². The van der Waals surface area contributed by atoms with E-state index in [2.05, 4.69) is 26.1 Å². The first kappa shape index (κ1) is 16.8. The van der Waals surface area contributed by atoms with Gasteiger partial charge in [0.15, 0.2) is 0 Å². The molecule has 0 amide bonds. The van der Waals surface area contributed by atoms with E-state index in [1.54, 1.807) is 7.05 Å². The van der Waals surface area contributed by atoms with Gasteiger partial charge in [0.25, 0.3) is 10.2 Å². The normalized spacial score (nSPS) is 20.7. The molecular weight excluding hydrogens is 266 g/mol. The molecule has 6 nitrogen and oxygen atoms in total. The van der Waals surface area contributed by atoms with Crippen LogP contribution in [0, 0.1) is 5.41 Å². The molecule has 0 aromatic heterocycles. The number of morpholine rings is 1. The Bertz CT molecular complexity index is 372. The summed E-state index contributed by atoms with van der Waals surface area (Å²) in [5.41, 5.74) is 0.00351. The molecule has 0 bridgehead atoms. The third kappa shape index (κ3) is 4.39. The molecule has 1 aliphatic heterocycles. The summed E-state index contributed by atoms with van der Waals surface area (Å²) in [6.07, 6.45) is 0. The minimum Gasteiger partial charge on any atom is -0.379 e. The van der Waals surface area contributed by atoms with Crippen molar-refractivity contribution in [3.63, 3.8) is 0 Å². The molecule has 7 heteroatoms. The van der Waals surface area contributed by atoms with Crippen LogP contribution in [-0.2, 0) is 14.9 Å². The fraction of sp³-hybridized carbons (Fsp3) is 1.00. The van der Waals surface area contributed by atoms with Gasteiger partial charge >= 0.3 is 0 Å². The van der Waals surface area contributed by atoms with Crippen molar-refractivity contribution in [3.8, 4) is 0 Å². The average Bonchev–Trinajstić information content (AvgIpc) is 2.35. The Labute approximate surface area is 117 Å². The number of hydrogen-bond acceptors (Lipinski definition) is 4. The Morgan fingerprint density at radius 3 is 2.26 bits per heavy atom. The standard InChI is InChI=1S/C12H27N3O3S/c1-12(2,3)11(13-4)10-14(5)19(16,17)15-6-8-18-9-7-15/h11,13H,6-10H2,1-5H3/t11-/m1/s1. The molecule has 0 unspecified atom stereocenters. The fourth-order valence-electron chi connectivity index (χ4n) is 2.12. The summed E-state index contributed by atoms with van der Waals surface area (Å²) in [5, 5.41) is 3.20. The average molecular weight is 293 g/mol. The molecule has 0 spiro atoms. The first-order valence-corrected chi connectivity index (χ1v) is 8.05. The third-order valence-corrected chi connectivity index (χ3v) is 5.48. The summed E-state index contributed by atoms with van der Waals surface area (Å²) in [4.78, 5) is 0. The van der Waals surface area contributed by atoms with E-state index < -0.39 is 10.2 Å². The number of rotatable bonds is 5. The van der Waals surface area contributed by atoms with Gasteiger partial charge in [0.05, 0.1) is 13.2 Å². The van der Waals surface area contributed by atoms with Crippen molar-refractivity contribution in [2.45, 2.75) is 26.8 Å². The van der Waals surface area contributed by atoms with Crippen LogP contribution in [0.5, 0.6) is 0 Å². The number of nitrogens with zero attached hydrogens (tertiary/aromatic N) is 2. The van der Waals surface area contributed by atoms with E-state index in [9.17, 15) is 8.42 Å². The molecule has 0 aromatic rings. The molecule has 0 saturated carbocycles. The maximum Gasteiger partial charge on any atom is 0.281 e. The highest BCUT2D eigenvalue weighted by molar-refractivity contribution is 7.86. The maximum atomic E-state index is 12.4. The molecule has 1 heterocycles. The van der Waals surface area contributed by atoms with Gasteiger partial charge in [0, 0.05) is 32.7 Å². The zero-order valence-electron chi connectivity index (χ0n) is 12.6. The lowest BCUT2D eigenvalue weighted by Crippen LogP contribution is -2.52. The lowest BCUT2D eigenvalue weighted by molar-refractivity contribution is 0.0701. The highest BCUT2D eigenvalue weighted by Gasteiger charge is 2.32.